The van der Waals surface area contributed by atoms with E-state index in [0.717, 1.165) is 66.5 Å². The first-order chi connectivity index (χ1) is 30.1. The van der Waals surface area contributed by atoms with E-state index in [4.69, 9.17) is 8.83 Å². The van der Waals surface area contributed by atoms with Gasteiger partial charge in [0.1, 0.15) is 11.2 Å². The van der Waals surface area contributed by atoms with Crippen LogP contribution in [0.1, 0.15) is 5.56 Å². The summed E-state index contributed by atoms with van der Waals surface area (Å²) in [5.41, 5.74) is 16.4. The highest BCUT2D eigenvalue weighted by molar-refractivity contribution is 6.16. The summed E-state index contributed by atoms with van der Waals surface area (Å²) < 4.78 is 15.9. The lowest BCUT2D eigenvalue weighted by Crippen LogP contribution is -2.12. The molecule has 0 amide bonds. The van der Waals surface area contributed by atoms with Crippen molar-refractivity contribution < 1.29 is 8.83 Å². The molecule has 10 aromatic carbocycles. The third-order valence-electron chi connectivity index (χ3n) is 13.2. The molecular formula is C57H34N2O2. The van der Waals surface area contributed by atoms with Crippen LogP contribution >= 0.6 is 0 Å². The second-order valence-electron chi connectivity index (χ2n) is 16.5. The van der Waals surface area contributed by atoms with Crippen LogP contribution in [0.2, 0.25) is 0 Å². The summed E-state index contributed by atoms with van der Waals surface area (Å²) in [6.45, 7) is 2.17. The van der Waals surface area contributed by atoms with Crippen molar-refractivity contribution in [3.05, 3.63) is 194 Å². The number of hydrogen-bond donors (Lipinski definition) is 0. The molecule has 0 atom stereocenters. The summed E-state index contributed by atoms with van der Waals surface area (Å²) in [4.78, 5) is 2.35. The number of anilines is 3. The molecule has 284 valence electrons. The summed E-state index contributed by atoms with van der Waals surface area (Å²) in [7, 11) is 0. The van der Waals surface area contributed by atoms with Gasteiger partial charge in [-0.05, 0) is 135 Å². The number of aryl methyl sites for hydroxylation is 1. The van der Waals surface area contributed by atoms with Gasteiger partial charge in [-0.2, -0.15) is 0 Å². The van der Waals surface area contributed by atoms with Crippen LogP contribution in [0.25, 0.3) is 115 Å². The average molecular weight is 779 g/mol. The predicted octanol–water partition coefficient (Wildman–Crippen LogP) is 16.3. The molecule has 0 bridgehead atoms. The van der Waals surface area contributed by atoms with E-state index < -0.39 is 0 Å². The molecule has 0 spiro atoms. The van der Waals surface area contributed by atoms with Gasteiger partial charge in [-0.15, -0.1) is 0 Å². The Labute approximate surface area is 349 Å². The van der Waals surface area contributed by atoms with Crippen molar-refractivity contribution in [1.29, 1.82) is 0 Å². The molecular weight excluding hydrogens is 745 g/mol. The van der Waals surface area contributed by atoms with Crippen LogP contribution < -0.4 is 4.90 Å². The van der Waals surface area contributed by atoms with Crippen molar-refractivity contribution in [2.75, 3.05) is 4.90 Å². The van der Waals surface area contributed by atoms with E-state index in [-0.39, 0.29) is 0 Å². The molecule has 14 rings (SSSR count). The zero-order valence-corrected chi connectivity index (χ0v) is 33.1. The highest BCUT2D eigenvalue weighted by Gasteiger charge is 2.27. The van der Waals surface area contributed by atoms with Gasteiger partial charge in [-0.25, -0.2) is 0 Å². The van der Waals surface area contributed by atoms with Crippen molar-refractivity contribution in [3.8, 4) is 27.9 Å². The van der Waals surface area contributed by atoms with Crippen molar-refractivity contribution in [2.45, 2.75) is 6.92 Å². The van der Waals surface area contributed by atoms with Crippen molar-refractivity contribution in [1.82, 2.24) is 4.57 Å². The summed E-state index contributed by atoms with van der Waals surface area (Å²) in [6.07, 6.45) is 0. The molecule has 0 fully saturated rings. The van der Waals surface area contributed by atoms with Crippen LogP contribution in [0.15, 0.2) is 197 Å². The molecule has 61 heavy (non-hydrogen) atoms. The molecule has 4 heteroatoms. The van der Waals surface area contributed by atoms with Crippen LogP contribution in [0.4, 0.5) is 17.1 Å². The Morgan fingerprint density at radius 1 is 0.393 bits per heavy atom. The normalized spacial score (nSPS) is 12.3. The number of furan rings is 2. The summed E-state index contributed by atoms with van der Waals surface area (Å²) >= 11 is 0. The van der Waals surface area contributed by atoms with E-state index in [1.54, 1.807) is 0 Å². The highest BCUT2D eigenvalue weighted by Crippen LogP contribution is 2.52. The van der Waals surface area contributed by atoms with E-state index in [1.807, 2.05) is 18.2 Å². The van der Waals surface area contributed by atoms with E-state index in [1.165, 1.54) is 71.3 Å². The maximum Gasteiger partial charge on any atom is 0.159 e. The number of hydrogen-bond acceptors (Lipinski definition) is 3. The summed E-state index contributed by atoms with van der Waals surface area (Å²) in [6, 6.07) is 68.1. The Morgan fingerprint density at radius 3 is 1.59 bits per heavy atom. The maximum absolute atomic E-state index is 6.76. The Hall–Kier alpha value is -8.08. The Balaban J connectivity index is 0.933. The number of fused-ring (bicyclic) bond motifs is 15. The van der Waals surface area contributed by atoms with E-state index >= 15 is 0 Å². The zero-order chi connectivity index (χ0) is 39.9. The number of nitrogens with zero attached hydrogens (tertiary/aromatic N) is 2. The van der Waals surface area contributed by atoms with E-state index in [2.05, 4.69) is 186 Å². The lowest BCUT2D eigenvalue weighted by Gasteiger charge is -2.28. The minimum absolute atomic E-state index is 0.843. The molecule has 3 heterocycles. The molecule has 1 aliphatic rings. The average Bonchev–Trinajstić information content (AvgIpc) is 3.99. The van der Waals surface area contributed by atoms with Crippen LogP contribution in [0.5, 0.6) is 0 Å². The summed E-state index contributed by atoms with van der Waals surface area (Å²) in [5.74, 6) is 0. The minimum atomic E-state index is 0.843. The fraction of sp³-hybridized carbons (Fsp3) is 0.0175. The molecule has 13 aromatic rings. The number of rotatable bonds is 4. The quantitative estimate of drug-likeness (QED) is 0.178. The SMILES string of the molecule is Cc1ccc2c(oc3ccccc32)c1N(c1ccc2cc3c(cc2c1)-c1cc2ccc(-n4c5ccccc5c5ccccc54)cc2cc1-3)c1cccc2c1oc1ccccc12. The molecule has 0 aliphatic heterocycles. The van der Waals surface area contributed by atoms with Gasteiger partial charge >= 0.3 is 0 Å². The first-order valence-corrected chi connectivity index (χ1v) is 20.9. The molecule has 0 N–H and O–H groups in total. The molecule has 0 unspecified atom stereocenters. The van der Waals surface area contributed by atoms with Gasteiger partial charge in [0.2, 0.25) is 0 Å². The number of para-hydroxylation sites is 5. The summed E-state index contributed by atoms with van der Waals surface area (Å²) in [5, 5.41) is 11.8. The Morgan fingerprint density at radius 2 is 0.918 bits per heavy atom. The van der Waals surface area contributed by atoms with Gasteiger partial charge in [-0.1, -0.05) is 109 Å². The predicted molar refractivity (Wildman–Crippen MR) is 254 cm³/mol. The van der Waals surface area contributed by atoms with Gasteiger partial charge in [0, 0.05) is 43.7 Å². The monoisotopic (exact) mass is 778 g/mol. The molecule has 3 aromatic heterocycles. The number of aromatic nitrogens is 1. The van der Waals surface area contributed by atoms with Crippen LogP contribution in [0.3, 0.4) is 0 Å². The molecule has 0 saturated heterocycles. The van der Waals surface area contributed by atoms with Crippen molar-refractivity contribution in [2.24, 2.45) is 0 Å². The fourth-order valence-corrected chi connectivity index (χ4v) is 10.3. The molecule has 1 aliphatic carbocycles. The van der Waals surface area contributed by atoms with E-state index in [0.29, 0.717) is 0 Å². The van der Waals surface area contributed by atoms with Crippen molar-refractivity contribution in [3.63, 3.8) is 0 Å². The highest BCUT2D eigenvalue weighted by atomic mass is 16.3. The fourth-order valence-electron chi connectivity index (χ4n) is 10.3. The smallest absolute Gasteiger partial charge is 0.159 e. The van der Waals surface area contributed by atoms with E-state index in [9.17, 15) is 0 Å². The Kier molecular flexibility index (Phi) is 6.46. The first-order valence-electron chi connectivity index (χ1n) is 20.9. The molecule has 0 radical (unpaired) electrons. The van der Waals surface area contributed by atoms with Gasteiger partial charge in [0.15, 0.2) is 11.2 Å². The number of benzene rings is 10. The standard InChI is InChI=1S/C57H34N2O2/c1-33-21-26-45-43-14-5-9-20-54(43)61-57(45)55(33)59(52-18-10-15-44-42-13-4-8-19-53(42)60-56(44)52)39-25-23-35-30-47-48-31-36-27-38(24-22-34(36)29-46(48)49(47)32-37(35)28-39)58-50-16-6-2-11-40(50)41-12-3-7-17-51(41)58/h2-32H,1H3. The largest absolute Gasteiger partial charge is 0.454 e. The minimum Gasteiger partial charge on any atom is -0.454 e. The first kappa shape index (κ1) is 32.8. The topological polar surface area (TPSA) is 34.5 Å². The van der Waals surface area contributed by atoms with Gasteiger partial charge in [0.05, 0.1) is 22.4 Å². The van der Waals surface area contributed by atoms with Gasteiger partial charge in [0.25, 0.3) is 0 Å². The van der Waals surface area contributed by atoms with Crippen molar-refractivity contribution >= 4 is 104 Å². The third kappa shape index (κ3) is 4.53. The third-order valence-corrected chi connectivity index (χ3v) is 13.2. The van der Waals surface area contributed by atoms with Crippen LogP contribution in [-0.4, -0.2) is 4.57 Å². The van der Waals surface area contributed by atoms with Crippen LogP contribution in [0, 0.1) is 6.92 Å². The van der Waals surface area contributed by atoms with Crippen LogP contribution in [-0.2, 0) is 0 Å². The van der Waals surface area contributed by atoms with Gasteiger partial charge < -0.3 is 18.3 Å². The lowest BCUT2D eigenvalue weighted by molar-refractivity contribution is 0.666. The van der Waals surface area contributed by atoms with Gasteiger partial charge in [-0.3, -0.25) is 0 Å². The Bertz CT molecular complexity index is 3980. The maximum atomic E-state index is 6.76. The zero-order valence-electron chi connectivity index (χ0n) is 33.1. The molecule has 4 nitrogen and oxygen atoms in total. The molecule has 0 saturated carbocycles. The second-order valence-corrected chi connectivity index (χ2v) is 16.5. The second kappa shape index (κ2) is 12.0. The lowest BCUT2D eigenvalue weighted by atomic mass is 9.78.